The van der Waals surface area contributed by atoms with Crippen LogP contribution >= 0.6 is 22.9 Å². The van der Waals surface area contributed by atoms with Gasteiger partial charge >= 0.3 is 0 Å². The van der Waals surface area contributed by atoms with Gasteiger partial charge in [-0.25, -0.2) is 4.98 Å². The topological polar surface area (TPSA) is 29.0 Å². The Balaban J connectivity index is 2.28. The van der Waals surface area contributed by atoms with E-state index in [-0.39, 0.29) is 0 Å². The second-order valence-corrected chi connectivity index (χ2v) is 6.81. The molecule has 0 unspecified atom stereocenters. The predicted molar refractivity (Wildman–Crippen MR) is 101 cm³/mol. The summed E-state index contributed by atoms with van der Waals surface area (Å²) in [5.41, 5.74) is 4.99. The van der Waals surface area contributed by atoms with Gasteiger partial charge in [0.15, 0.2) is 0 Å². The maximum Gasteiger partial charge on any atom is 0.225 e. The first-order chi connectivity index (χ1) is 11.0. The number of halogens is 1. The summed E-state index contributed by atoms with van der Waals surface area (Å²) in [6.45, 7) is 10.3. The van der Waals surface area contributed by atoms with Gasteiger partial charge in [0.25, 0.3) is 0 Å². The van der Waals surface area contributed by atoms with Gasteiger partial charge < -0.3 is 4.90 Å². The highest BCUT2D eigenvalue weighted by Crippen LogP contribution is 2.39. The van der Waals surface area contributed by atoms with Crippen LogP contribution in [0.1, 0.15) is 25.0 Å². The third kappa shape index (κ3) is 2.93. The fourth-order valence-corrected chi connectivity index (χ4v) is 3.93. The maximum atomic E-state index is 6.14. The van der Waals surface area contributed by atoms with Gasteiger partial charge in [-0.3, -0.25) is 0 Å². The molecule has 2 aromatic heterocycles. The number of aromatic nitrogens is 2. The average molecular weight is 346 g/mol. The smallest absolute Gasteiger partial charge is 0.225 e. The molecular formula is C18H20ClN3S. The van der Waals surface area contributed by atoms with Crippen molar-refractivity contribution in [3.8, 4) is 11.1 Å². The first kappa shape index (κ1) is 16.2. The van der Waals surface area contributed by atoms with Crippen LogP contribution in [0.5, 0.6) is 0 Å². The van der Waals surface area contributed by atoms with Gasteiger partial charge in [-0.2, -0.15) is 4.98 Å². The molecule has 0 fully saturated rings. The van der Waals surface area contributed by atoms with E-state index in [2.05, 4.69) is 66.1 Å². The molecule has 0 saturated carbocycles. The van der Waals surface area contributed by atoms with Gasteiger partial charge in [0.1, 0.15) is 10.6 Å². The standard InChI is InChI=1S/C18H20ClN3S/c1-5-22(6-2)16-15-14(10-23-17(15)21-18(19)20-16)13-8-7-11(3)12(4)9-13/h7-10H,5-6H2,1-4H3. The Labute approximate surface area is 146 Å². The van der Waals surface area contributed by atoms with E-state index in [4.69, 9.17) is 11.6 Å². The minimum Gasteiger partial charge on any atom is -0.356 e. The molecule has 2 heterocycles. The van der Waals surface area contributed by atoms with E-state index < -0.39 is 0 Å². The summed E-state index contributed by atoms with van der Waals surface area (Å²) in [4.78, 5) is 12.1. The van der Waals surface area contributed by atoms with Crippen LogP contribution in [0.15, 0.2) is 23.6 Å². The van der Waals surface area contributed by atoms with Crippen molar-refractivity contribution in [1.82, 2.24) is 9.97 Å². The number of thiophene rings is 1. The van der Waals surface area contributed by atoms with Crippen LogP contribution < -0.4 is 4.90 Å². The number of rotatable bonds is 4. The van der Waals surface area contributed by atoms with E-state index in [9.17, 15) is 0 Å². The van der Waals surface area contributed by atoms with Crippen LogP contribution in [0.4, 0.5) is 5.82 Å². The summed E-state index contributed by atoms with van der Waals surface area (Å²) in [5, 5.41) is 3.58. The lowest BCUT2D eigenvalue weighted by Gasteiger charge is -2.21. The summed E-state index contributed by atoms with van der Waals surface area (Å²) in [6.07, 6.45) is 0. The molecule has 0 aliphatic rings. The van der Waals surface area contributed by atoms with Crippen molar-refractivity contribution in [3.63, 3.8) is 0 Å². The van der Waals surface area contributed by atoms with Gasteiger partial charge in [0.05, 0.1) is 5.39 Å². The normalized spacial score (nSPS) is 11.2. The molecule has 5 heteroatoms. The van der Waals surface area contributed by atoms with Crippen LogP contribution in [0.25, 0.3) is 21.3 Å². The molecule has 3 rings (SSSR count). The molecule has 0 aliphatic heterocycles. The van der Waals surface area contributed by atoms with E-state index >= 15 is 0 Å². The number of hydrogen-bond donors (Lipinski definition) is 0. The van der Waals surface area contributed by atoms with E-state index in [1.165, 1.54) is 22.3 Å². The molecule has 0 atom stereocenters. The number of anilines is 1. The molecule has 3 aromatic rings. The van der Waals surface area contributed by atoms with Crippen molar-refractivity contribution < 1.29 is 0 Å². The fourth-order valence-electron chi connectivity index (χ4n) is 2.77. The van der Waals surface area contributed by atoms with Gasteiger partial charge in [-0.15, -0.1) is 11.3 Å². The first-order valence-electron chi connectivity index (χ1n) is 7.82. The van der Waals surface area contributed by atoms with Crippen molar-refractivity contribution in [3.05, 3.63) is 40.0 Å². The molecule has 0 amide bonds. The number of nitrogens with zero attached hydrogens (tertiary/aromatic N) is 3. The Hall–Kier alpha value is -1.65. The SMILES string of the molecule is CCN(CC)c1nc(Cl)nc2scc(-c3ccc(C)c(C)c3)c12. The molecule has 120 valence electrons. The Morgan fingerprint density at radius 1 is 1.09 bits per heavy atom. The van der Waals surface area contributed by atoms with E-state index in [1.807, 2.05) is 0 Å². The highest BCUT2D eigenvalue weighted by atomic mass is 35.5. The van der Waals surface area contributed by atoms with Gasteiger partial charge in [0.2, 0.25) is 5.28 Å². The summed E-state index contributed by atoms with van der Waals surface area (Å²) in [7, 11) is 0. The number of hydrogen-bond acceptors (Lipinski definition) is 4. The Morgan fingerprint density at radius 3 is 2.48 bits per heavy atom. The van der Waals surface area contributed by atoms with Gasteiger partial charge in [-0.05, 0) is 56.0 Å². The summed E-state index contributed by atoms with van der Waals surface area (Å²) in [6, 6.07) is 6.57. The zero-order chi connectivity index (χ0) is 16.6. The number of fused-ring (bicyclic) bond motifs is 1. The van der Waals surface area contributed by atoms with E-state index in [0.717, 1.165) is 29.1 Å². The van der Waals surface area contributed by atoms with Crippen molar-refractivity contribution in [1.29, 1.82) is 0 Å². The first-order valence-corrected chi connectivity index (χ1v) is 9.08. The molecular weight excluding hydrogens is 326 g/mol. The predicted octanol–water partition coefficient (Wildman–Crippen LogP) is 5.47. The van der Waals surface area contributed by atoms with Crippen LogP contribution in [-0.4, -0.2) is 23.1 Å². The lowest BCUT2D eigenvalue weighted by Crippen LogP contribution is -2.23. The summed E-state index contributed by atoms with van der Waals surface area (Å²) >= 11 is 7.76. The Bertz CT molecular complexity index is 853. The molecule has 23 heavy (non-hydrogen) atoms. The van der Waals surface area contributed by atoms with Gasteiger partial charge in [0, 0.05) is 24.0 Å². The minimum atomic E-state index is 0.313. The average Bonchev–Trinajstić information content (AvgIpc) is 2.94. The highest BCUT2D eigenvalue weighted by Gasteiger charge is 2.18. The molecule has 0 radical (unpaired) electrons. The quantitative estimate of drug-likeness (QED) is 0.587. The molecule has 0 bridgehead atoms. The summed E-state index contributed by atoms with van der Waals surface area (Å²) in [5.74, 6) is 0.930. The zero-order valence-corrected chi connectivity index (χ0v) is 15.4. The summed E-state index contributed by atoms with van der Waals surface area (Å²) < 4.78 is 0. The second kappa shape index (κ2) is 6.46. The molecule has 0 spiro atoms. The monoisotopic (exact) mass is 345 g/mol. The molecule has 1 aromatic carbocycles. The molecule has 3 nitrogen and oxygen atoms in total. The molecule has 0 aliphatic carbocycles. The van der Waals surface area contributed by atoms with Crippen LogP contribution in [0.3, 0.4) is 0 Å². The lowest BCUT2D eigenvalue weighted by atomic mass is 10.0. The van der Waals surface area contributed by atoms with Crippen LogP contribution in [0.2, 0.25) is 5.28 Å². The maximum absolute atomic E-state index is 6.14. The zero-order valence-electron chi connectivity index (χ0n) is 13.9. The van der Waals surface area contributed by atoms with Crippen molar-refractivity contribution in [2.75, 3.05) is 18.0 Å². The largest absolute Gasteiger partial charge is 0.356 e. The third-order valence-electron chi connectivity index (χ3n) is 4.27. The van der Waals surface area contributed by atoms with Crippen LogP contribution in [-0.2, 0) is 0 Å². The molecule has 0 saturated heterocycles. The highest BCUT2D eigenvalue weighted by molar-refractivity contribution is 7.17. The van der Waals surface area contributed by atoms with Crippen molar-refractivity contribution >= 4 is 39.0 Å². The van der Waals surface area contributed by atoms with Crippen molar-refractivity contribution in [2.24, 2.45) is 0 Å². The van der Waals surface area contributed by atoms with E-state index in [1.54, 1.807) is 11.3 Å². The second-order valence-electron chi connectivity index (χ2n) is 5.62. The number of aryl methyl sites for hydroxylation is 2. The Morgan fingerprint density at radius 2 is 1.83 bits per heavy atom. The van der Waals surface area contributed by atoms with Crippen LogP contribution in [0, 0.1) is 13.8 Å². The van der Waals surface area contributed by atoms with Gasteiger partial charge in [-0.1, -0.05) is 18.2 Å². The Kier molecular flexibility index (Phi) is 4.55. The number of benzene rings is 1. The van der Waals surface area contributed by atoms with Crippen molar-refractivity contribution in [2.45, 2.75) is 27.7 Å². The minimum absolute atomic E-state index is 0.313. The lowest BCUT2D eigenvalue weighted by molar-refractivity contribution is 0.849. The fraction of sp³-hybridized carbons (Fsp3) is 0.333. The molecule has 0 N–H and O–H groups in total. The van der Waals surface area contributed by atoms with E-state index in [0.29, 0.717) is 5.28 Å². The third-order valence-corrected chi connectivity index (χ3v) is 5.31.